The monoisotopic (exact) mass is 359 g/mol. The van der Waals surface area contributed by atoms with Crippen LogP contribution in [0.3, 0.4) is 0 Å². The molecule has 0 aromatic heterocycles. The molecule has 8 heteroatoms. The smallest absolute Gasteiger partial charge is 0.320 e. The van der Waals surface area contributed by atoms with E-state index in [0.717, 1.165) is 6.26 Å². The summed E-state index contributed by atoms with van der Waals surface area (Å²) in [5, 5.41) is 9.46. The van der Waals surface area contributed by atoms with Gasteiger partial charge in [0.1, 0.15) is 0 Å². The van der Waals surface area contributed by atoms with Crippen LogP contribution >= 0.6 is 0 Å². The van der Waals surface area contributed by atoms with Crippen LogP contribution in [-0.4, -0.2) is 37.6 Å². The van der Waals surface area contributed by atoms with E-state index in [9.17, 15) is 27.9 Å². The first-order valence-electron chi connectivity index (χ1n) is 7.22. The number of para-hydroxylation sites is 1. The number of fused-ring (bicyclic) bond motifs is 1. The molecule has 7 nitrogen and oxygen atoms in total. The average molecular weight is 359 g/mol. The summed E-state index contributed by atoms with van der Waals surface area (Å²) in [5.74, 6) is -4.74. The van der Waals surface area contributed by atoms with Crippen LogP contribution in [0, 0.1) is 0 Å². The van der Waals surface area contributed by atoms with Gasteiger partial charge in [0, 0.05) is 11.8 Å². The van der Waals surface area contributed by atoms with Crippen molar-refractivity contribution in [2.45, 2.75) is 10.8 Å². The summed E-state index contributed by atoms with van der Waals surface area (Å²) >= 11 is 0. The molecule has 0 fully saturated rings. The van der Waals surface area contributed by atoms with Crippen molar-refractivity contribution >= 4 is 33.3 Å². The largest absolute Gasteiger partial charge is 0.480 e. The maximum Gasteiger partial charge on any atom is 0.320 e. The van der Waals surface area contributed by atoms with E-state index in [4.69, 9.17) is 0 Å². The third kappa shape index (κ3) is 2.70. The number of anilines is 1. The topological polar surface area (TPSA) is 109 Å². The number of carbonyl (C=O) groups is 3. The fraction of sp³-hybridized carbons (Fsp3) is 0.118. The number of hydrogen-bond donors (Lipinski definition) is 1. The van der Waals surface area contributed by atoms with Crippen LogP contribution < -0.4 is 4.90 Å². The number of imide groups is 1. The second-order valence-electron chi connectivity index (χ2n) is 5.58. The van der Waals surface area contributed by atoms with Gasteiger partial charge in [-0.1, -0.05) is 30.3 Å². The summed E-state index contributed by atoms with van der Waals surface area (Å²) in [4.78, 5) is 37.6. The summed E-state index contributed by atoms with van der Waals surface area (Å²) in [7, 11) is -3.74. The SMILES string of the molecule is CS(=O)(=O)c1ccccc1N1C(=O)c2ccccc2C(C(=O)O)C1=O. The standard InChI is InChI=1S/C17H13NO6S/c1-25(23,24)13-9-5-4-8-12(13)18-15(19)11-7-3-2-6-10(11)14(16(18)20)17(21)22/h2-9,14H,1H3,(H,21,22). The minimum absolute atomic E-state index is 0.0535. The zero-order valence-corrected chi connectivity index (χ0v) is 13.9. The predicted octanol–water partition coefficient (Wildman–Crippen LogP) is 1.45. The highest BCUT2D eigenvalue weighted by Gasteiger charge is 2.44. The van der Waals surface area contributed by atoms with Crippen LogP contribution in [0.1, 0.15) is 21.8 Å². The second kappa shape index (κ2) is 5.82. The lowest BCUT2D eigenvalue weighted by atomic mass is 9.88. The highest BCUT2D eigenvalue weighted by atomic mass is 32.2. The van der Waals surface area contributed by atoms with E-state index in [1.165, 1.54) is 42.5 Å². The van der Waals surface area contributed by atoms with E-state index >= 15 is 0 Å². The van der Waals surface area contributed by atoms with Gasteiger partial charge in [0.15, 0.2) is 15.8 Å². The normalized spacial score (nSPS) is 17.3. The minimum atomic E-state index is -3.74. The van der Waals surface area contributed by atoms with Gasteiger partial charge >= 0.3 is 5.97 Å². The third-order valence-electron chi connectivity index (χ3n) is 3.93. The molecule has 1 heterocycles. The van der Waals surface area contributed by atoms with Gasteiger partial charge in [-0.15, -0.1) is 0 Å². The Hall–Kier alpha value is -3.00. The van der Waals surface area contributed by atoms with Gasteiger partial charge in [-0.05, 0) is 23.8 Å². The Bertz CT molecular complexity index is 1010. The average Bonchev–Trinajstić information content (AvgIpc) is 2.54. The molecule has 1 aliphatic rings. The number of aliphatic carboxylic acids is 1. The molecule has 0 bridgehead atoms. The molecule has 0 saturated heterocycles. The molecule has 0 saturated carbocycles. The van der Waals surface area contributed by atoms with Gasteiger partial charge < -0.3 is 5.11 Å². The Morgan fingerprint density at radius 3 is 2.28 bits per heavy atom. The maximum atomic E-state index is 12.8. The Kier molecular flexibility index (Phi) is 3.92. The van der Waals surface area contributed by atoms with Crippen molar-refractivity contribution < 1.29 is 27.9 Å². The number of carboxylic acid groups (broad SMARTS) is 1. The molecule has 1 atom stereocenters. The predicted molar refractivity (Wildman–Crippen MR) is 88.2 cm³/mol. The van der Waals surface area contributed by atoms with Gasteiger partial charge in [0.05, 0.1) is 10.6 Å². The molecule has 3 rings (SSSR count). The Labute approximate surface area is 143 Å². The van der Waals surface area contributed by atoms with E-state index < -0.39 is 33.5 Å². The molecule has 1 aliphatic heterocycles. The van der Waals surface area contributed by atoms with Crippen LogP contribution in [-0.2, 0) is 19.4 Å². The number of carbonyl (C=O) groups excluding carboxylic acids is 2. The van der Waals surface area contributed by atoms with Crippen LogP contribution in [0.5, 0.6) is 0 Å². The number of hydrogen-bond acceptors (Lipinski definition) is 5. The van der Waals surface area contributed by atoms with Crippen molar-refractivity contribution in [1.29, 1.82) is 0 Å². The molecule has 2 aromatic carbocycles. The lowest BCUT2D eigenvalue weighted by Crippen LogP contribution is -2.47. The molecule has 1 unspecified atom stereocenters. The quantitative estimate of drug-likeness (QED) is 0.656. The number of rotatable bonds is 3. The molecule has 0 aliphatic carbocycles. The van der Waals surface area contributed by atoms with Crippen LogP contribution in [0.25, 0.3) is 0 Å². The molecular formula is C17H13NO6S. The van der Waals surface area contributed by atoms with Gasteiger partial charge in [-0.2, -0.15) is 0 Å². The molecule has 2 amide bonds. The second-order valence-corrected chi connectivity index (χ2v) is 7.56. The summed E-state index contributed by atoms with van der Waals surface area (Å²) in [6.07, 6.45) is 0.952. The van der Waals surface area contributed by atoms with Gasteiger partial charge in [0.2, 0.25) is 0 Å². The van der Waals surface area contributed by atoms with Crippen molar-refractivity contribution in [3.05, 3.63) is 59.7 Å². The number of nitrogens with zero attached hydrogens (tertiary/aromatic N) is 1. The Morgan fingerprint density at radius 2 is 1.64 bits per heavy atom. The lowest BCUT2D eigenvalue weighted by molar-refractivity contribution is -0.142. The molecule has 0 spiro atoms. The Morgan fingerprint density at radius 1 is 1.04 bits per heavy atom. The summed E-state index contributed by atoms with van der Waals surface area (Å²) in [6, 6.07) is 11.4. The lowest BCUT2D eigenvalue weighted by Gasteiger charge is -2.31. The van der Waals surface area contributed by atoms with Gasteiger partial charge in [-0.25, -0.2) is 13.3 Å². The zero-order valence-electron chi connectivity index (χ0n) is 13.0. The number of sulfone groups is 1. The highest BCUT2D eigenvalue weighted by Crippen LogP contribution is 2.35. The van der Waals surface area contributed by atoms with Crippen molar-refractivity contribution in [2.24, 2.45) is 0 Å². The first kappa shape index (κ1) is 16.8. The van der Waals surface area contributed by atoms with Gasteiger partial charge in [-0.3, -0.25) is 14.4 Å². The van der Waals surface area contributed by atoms with Crippen LogP contribution in [0.15, 0.2) is 53.4 Å². The fourth-order valence-corrected chi connectivity index (χ4v) is 3.71. The molecule has 25 heavy (non-hydrogen) atoms. The first-order valence-corrected chi connectivity index (χ1v) is 9.11. The minimum Gasteiger partial charge on any atom is -0.480 e. The van der Waals surface area contributed by atoms with E-state index in [2.05, 4.69) is 0 Å². The molecule has 128 valence electrons. The summed E-state index contributed by atoms with van der Waals surface area (Å²) in [5.41, 5.74) is -0.00311. The maximum absolute atomic E-state index is 12.8. The fourth-order valence-electron chi connectivity index (χ4n) is 2.85. The molecule has 2 aromatic rings. The van der Waals surface area contributed by atoms with E-state index in [1.807, 2.05) is 0 Å². The van der Waals surface area contributed by atoms with E-state index in [1.54, 1.807) is 6.07 Å². The van der Waals surface area contributed by atoms with Crippen molar-refractivity contribution in [3.8, 4) is 0 Å². The highest BCUT2D eigenvalue weighted by molar-refractivity contribution is 7.90. The van der Waals surface area contributed by atoms with E-state index in [-0.39, 0.29) is 21.7 Å². The summed E-state index contributed by atoms with van der Waals surface area (Å²) < 4.78 is 24.0. The molecule has 1 N–H and O–H groups in total. The molecule has 0 radical (unpaired) electrons. The third-order valence-corrected chi connectivity index (χ3v) is 5.07. The summed E-state index contributed by atoms with van der Waals surface area (Å²) in [6.45, 7) is 0. The number of amides is 2. The van der Waals surface area contributed by atoms with Crippen molar-refractivity contribution in [1.82, 2.24) is 0 Å². The van der Waals surface area contributed by atoms with Crippen LogP contribution in [0.4, 0.5) is 5.69 Å². The number of carboxylic acids is 1. The Balaban J connectivity index is 2.28. The molecular weight excluding hydrogens is 346 g/mol. The zero-order chi connectivity index (χ0) is 18.4. The van der Waals surface area contributed by atoms with Crippen molar-refractivity contribution in [3.63, 3.8) is 0 Å². The number of benzene rings is 2. The first-order chi connectivity index (χ1) is 11.7. The van der Waals surface area contributed by atoms with Crippen molar-refractivity contribution in [2.75, 3.05) is 11.2 Å². The van der Waals surface area contributed by atoms with Crippen LogP contribution in [0.2, 0.25) is 0 Å². The van der Waals surface area contributed by atoms with E-state index in [0.29, 0.717) is 4.90 Å². The van der Waals surface area contributed by atoms with Gasteiger partial charge in [0.25, 0.3) is 11.8 Å².